The van der Waals surface area contributed by atoms with E-state index in [2.05, 4.69) is 0 Å². The van der Waals surface area contributed by atoms with Crippen LogP contribution in [0.2, 0.25) is 0 Å². The highest BCUT2D eigenvalue weighted by Crippen LogP contribution is 2.29. The average Bonchev–Trinajstić information content (AvgIpc) is 2.82. The molecule has 1 N–H and O–H groups in total. The van der Waals surface area contributed by atoms with Gasteiger partial charge >= 0.3 is 5.97 Å². The Hall–Kier alpha value is -2.05. The summed E-state index contributed by atoms with van der Waals surface area (Å²) in [5.74, 6) is 0.0675. The van der Waals surface area contributed by atoms with Crippen molar-refractivity contribution in [2.75, 3.05) is 14.2 Å². The van der Waals surface area contributed by atoms with E-state index in [1.165, 1.54) is 11.7 Å². The van der Waals surface area contributed by atoms with Crippen molar-refractivity contribution in [2.45, 2.75) is 32.8 Å². The quantitative estimate of drug-likeness (QED) is 0.694. The average molecular weight is 307 g/mol. The third-order valence-electron chi connectivity index (χ3n) is 3.12. The molecule has 0 bridgehead atoms. The fourth-order valence-electron chi connectivity index (χ4n) is 2.20. The van der Waals surface area contributed by atoms with Gasteiger partial charge in [-0.25, -0.2) is 4.79 Å². The Morgan fingerprint density at radius 1 is 1.23 bits per heavy atom. The first-order valence-electron chi connectivity index (χ1n) is 6.90. The maximum absolute atomic E-state index is 12.0. The lowest BCUT2D eigenvalue weighted by Crippen LogP contribution is -2.27. The Labute approximate surface area is 129 Å². The number of nitrogens with zero attached hydrogens (tertiary/aromatic N) is 1. The lowest BCUT2D eigenvalue weighted by Gasteiger charge is -2.26. The van der Waals surface area contributed by atoms with Gasteiger partial charge in [0.25, 0.3) is 0 Å². The number of methoxy groups -OCH3 is 2. The summed E-state index contributed by atoms with van der Waals surface area (Å²) in [5.41, 5.74) is 0.251. The summed E-state index contributed by atoms with van der Waals surface area (Å²) in [6.07, 6.45) is -1.32. The van der Waals surface area contributed by atoms with Crippen LogP contribution in [0.5, 0.6) is 5.75 Å². The monoisotopic (exact) mass is 307 g/mol. The summed E-state index contributed by atoms with van der Waals surface area (Å²) in [7, 11) is 2.85. The van der Waals surface area contributed by atoms with Crippen molar-refractivity contribution < 1.29 is 24.1 Å². The molecular weight excluding hydrogens is 286 g/mol. The summed E-state index contributed by atoms with van der Waals surface area (Å²) in [6, 6.07) is 6.97. The number of hydrogen-bond acceptors (Lipinski definition) is 5. The zero-order valence-corrected chi connectivity index (χ0v) is 13.4. The Morgan fingerprint density at radius 3 is 2.45 bits per heavy atom. The van der Waals surface area contributed by atoms with Crippen molar-refractivity contribution in [2.24, 2.45) is 0 Å². The molecule has 6 heteroatoms. The van der Waals surface area contributed by atoms with Crippen LogP contribution >= 0.6 is 0 Å². The SMILES string of the molecule is COC(=O)c1cc2ccc(OC)cc2n1C(O)OC(C)(C)C. The van der Waals surface area contributed by atoms with E-state index in [1.54, 1.807) is 31.4 Å². The van der Waals surface area contributed by atoms with Gasteiger partial charge in [-0.1, -0.05) is 0 Å². The molecule has 0 radical (unpaired) electrons. The van der Waals surface area contributed by atoms with Gasteiger partial charge in [-0.05, 0) is 39.0 Å². The number of esters is 1. The molecule has 0 saturated carbocycles. The van der Waals surface area contributed by atoms with Crippen molar-refractivity contribution in [3.05, 3.63) is 30.0 Å². The van der Waals surface area contributed by atoms with Crippen LogP contribution in [0.1, 0.15) is 37.7 Å². The number of aromatic nitrogens is 1. The molecule has 0 spiro atoms. The molecule has 1 atom stereocenters. The van der Waals surface area contributed by atoms with Crippen molar-refractivity contribution in [1.29, 1.82) is 0 Å². The minimum Gasteiger partial charge on any atom is -0.497 e. The number of ether oxygens (including phenoxy) is 3. The van der Waals surface area contributed by atoms with Crippen molar-refractivity contribution >= 4 is 16.9 Å². The molecule has 0 aliphatic heterocycles. The minimum atomic E-state index is -1.32. The largest absolute Gasteiger partial charge is 0.497 e. The topological polar surface area (TPSA) is 69.9 Å². The maximum atomic E-state index is 12.0. The van der Waals surface area contributed by atoms with Crippen molar-refractivity contribution in [3.63, 3.8) is 0 Å². The second kappa shape index (κ2) is 5.98. The first kappa shape index (κ1) is 16.3. The fraction of sp³-hybridized carbons (Fsp3) is 0.438. The van der Waals surface area contributed by atoms with Gasteiger partial charge in [0.1, 0.15) is 11.4 Å². The van der Waals surface area contributed by atoms with Crippen molar-refractivity contribution in [1.82, 2.24) is 4.57 Å². The van der Waals surface area contributed by atoms with E-state index in [1.807, 2.05) is 20.8 Å². The van der Waals surface area contributed by atoms with E-state index in [9.17, 15) is 9.90 Å². The third kappa shape index (κ3) is 3.23. The molecule has 120 valence electrons. The van der Waals surface area contributed by atoms with Crippen LogP contribution in [0.4, 0.5) is 0 Å². The maximum Gasteiger partial charge on any atom is 0.354 e. The van der Waals surface area contributed by atoms with Gasteiger partial charge in [0.15, 0.2) is 0 Å². The summed E-state index contributed by atoms with van der Waals surface area (Å²) in [6.45, 7) is 5.46. The molecule has 1 heterocycles. The highest BCUT2D eigenvalue weighted by molar-refractivity contribution is 5.96. The lowest BCUT2D eigenvalue weighted by atomic mass is 10.2. The van der Waals surface area contributed by atoms with E-state index in [-0.39, 0.29) is 5.69 Å². The molecule has 1 aromatic heterocycles. The Bertz CT molecular complexity index is 684. The van der Waals surface area contributed by atoms with Gasteiger partial charge in [0.05, 0.1) is 25.3 Å². The molecule has 0 fully saturated rings. The summed E-state index contributed by atoms with van der Waals surface area (Å²) >= 11 is 0. The minimum absolute atomic E-state index is 0.211. The number of aliphatic hydroxyl groups is 1. The van der Waals surface area contributed by atoms with Crippen LogP contribution in [0, 0.1) is 0 Å². The third-order valence-corrected chi connectivity index (χ3v) is 3.12. The molecule has 2 aromatic rings. The molecular formula is C16H21NO5. The molecule has 0 aliphatic rings. The number of carbonyl (C=O) groups is 1. The van der Waals surface area contributed by atoms with E-state index in [0.717, 1.165) is 5.39 Å². The summed E-state index contributed by atoms with van der Waals surface area (Å²) < 4.78 is 17.0. The smallest absolute Gasteiger partial charge is 0.354 e. The van der Waals surface area contributed by atoms with Crippen LogP contribution in [-0.4, -0.2) is 35.5 Å². The predicted octanol–water partition coefficient (Wildman–Crippen LogP) is 2.70. The number of carbonyl (C=O) groups excluding carboxylic acids is 1. The van der Waals surface area contributed by atoms with Crippen LogP contribution in [-0.2, 0) is 9.47 Å². The van der Waals surface area contributed by atoms with E-state index in [0.29, 0.717) is 11.3 Å². The van der Waals surface area contributed by atoms with Gasteiger partial charge in [-0.3, -0.25) is 4.57 Å². The van der Waals surface area contributed by atoms with E-state index >= 15 is 0 Å². The molecule has 1 unspecified atom stereocenters. The Kier molecular flexibility index (Phi) is 4.44. The van der Waals surface area contributed by atoms with Gasteiger partial charge in [-0.15, -0.1) is 0 Å². The second-order valence-corrected chi connectivity index (χ2v) is 5.87. The zero-order chi connectivity index (χ0) is 16.5. The standard InChI is InChI=1S/C16H21NO5/c1-16(2,3)22-15(19)17-12-9-11(20-4)7-6-10(12)8-13(17)14(18)21-5/h6-9,15,19H,1-5H3. The summed E-state index contributed by atoms with van der Waals surface area (Å²) in [4.78, 5) is 12.0. The number of aliphatic hydroxyl groups excluding tert-OH is 1. The first-order valence-corrected chi connectivity index (χ1v) is 6.90. The molecule has 22 heavy (non-hydrogen) atoms. The molecule has 0 saturated heterocycles. The van der Waals surface area contributed by atoms with Crippen LogP contribution < -0.4 is 4.74 Å². The lowest BCUT2D eigenvalue weighted by molar-refractivity contribution is -0.208. The molecule has 6 nitrogen and oxygen atoms in total. The number of hydrogen-bond donors (Lipinski definition) is 1. The summed E-state index contributed by atoms with van der Waals surface area (Å²) in [5, 5.41) is 11.2. The zero-order valence-electron chi connectivity index (χ0n) is 13.4. The number of benzene rings is 1. The van der Waals surface area contributed by atoms with Gasteiger partial charge in [0, 0.05) is 11.5 Å². The van der Waals surface area contributed by atoms with Gasteiger partial charge in [0.2, 0.25) is 6.41 Å². The van der Waals surface area contributed by atoms with Crippen molar-refractivity contribution in [3.8, 4) is 5.75 Å². The predicted molar refractivity (Wildman–Crippen MR) is 81.9 cm³/mol. The normalized spacial score (nSPS) is 13.2. The molecule has 0 aliphatic carbocycles. The van der Waals surface area contributed by atoms with Crippen LogP contribution in [0.15, 0.2) is 24.3 Å². The first-order chi connectivity index (χ1) is 10.3. The molecule has 2 rings (SSSR count). The molecule has 1 aromatic carbocycles. The number of fused-ring (bicyclic) bond motifs is 1. The molecule has 0 amide bonds. The Morgan fingerprint density at radius 2 is 1.91 bits per heavy atom. The van der Waals surface area contributed by atoms with E-state index in [4.69, 9.17) is 14.2 Å². The highest BCUT2D eigenvalue weighted by atomic mass is 16.6. The van der Waals surface area contributed by atoms with Crippen LogP contribution in [0.3, 0.4) is 0 Å². The van der Waals surface area contributed by atoms with Gasteiger partial charge in [-0.2, -0.15) is 0 Å². The Balaban J connectivity index is 2.62. The van der Waals surface area contributed by atoms with Gasteiger partial charge < -0.3 is 19.3 Å². The highest BCUT2D eigenvalue weighted by Gasteiger charge is 2.25. The van der Waals surface area contributed by atoms with E-state index < -0.39 is 18.0 Å². The second-order valence-electron chi connectivity index (χ2n) is 5.87. The number of rotatable bonds is 4. The van der Waals surface area contributed by atoms with Crippen LogP contribution in [0.25, 0.3) is 10.9 Å². The fourth-order valence-corrected chi connectivity index (χ4v) is 2.20.